The third kappa shape index (κ3) is 10.3. The molecule has 1 amide bonds. The fourth-order valence-corrected chi connectivity index (χ4v) is 3.75. The van der Waals surface area contributed by atoms with Crippen LogP contribution in [0.2, 0.25) is 0 Å². The number of amides is 1. The van der Waals surface area contributed by atoms with Gasteiger partial charge in [0.05, 0.1) is 33.7 Å². The largest absolute Gasteiger partial charge is 0.489 e. The molecule has 0 aromatic heterocycles. The molecule has 182 valence electrons. The molecule has 2 aromatic carbocycles. The zero-order chi connectivity index (χ0) is 24.3. The number of nitrogens with two attached hydrogens (primary N) is 1. The second kappa shape index (κ2) is 13.2. The van der Waals surface area contributed by atoms with Crippen molar-refractivity contribution in [3.63, 3.8) is 0 Å². The maximum absolute atomic E-state index is 11.3. The number of primary amides is 1. The molecule has 2 rings (SSSR count). The van der Waals surface area contributed by atoms with Crippen molar-refractivity contribution >= 4 is 11.6 Å². The monoisotopic (exact) mass is 454 g/mol. The Hall–Kier alpha value is -2.53. The second-order valence-corrected chi connectivity index (χ2v) is 10.3. The van der Waals surface area contributed by atoms with Crippen LogP contribution in [-0.4, -0.2) is 50.7 Å². The summed E-state index contributed by atoms with van der Waals surface area (Å²) in [6.07, 6.45) is 3.03. The lowest BCUT2D eigenvalue weighted by molar-refractivity contribution is -0.889. The highest BCUT2D eigenvalue weighted by atomic mass is 16.5. The van der Waals surface area contributed by atoms with Crippen LogP contribution in [0, 0.1) is 11.8 Å². The van der Waals surface area contributed by atoms with Crippen molar-refractivity contribution in [3.05, 3.63) is 60.2 Å². The van der Waals surface area contributed by atoms with Crippen LogP contribution in [0.4, 0.5) is 5.69 Å². The van der Waals surface area contributed by atoms with Gasteiger partial charge in [0.25, 0.3) is 0 Å². The van der Waals surface area contributed by atoms with Crippen LogP contribution < -0.4 is 15.4 Å². The highest BCUT2D eigenvalue weighted by molar-refractivity contribution is 5.76. The maximum Gasteiger partial charge on any atom is 0.220 e. The molecule has 1 atom stereocenters. The molecule has 0 saturated heterocycles. The average molecular weight is 455 g/mol. The first-order valence-electron chi connectivity index (χ1n) is 12.3. The SMILES string of the molecule is CC(C)CCN(CC[N+](C)(C)CCCC(C)C(N)=O)c1ccc(OCc2ccccc2)cc1. The Morgan fingerprint density at radius 1 is 0.939 bits per heavy atom. The van der Waals surface area contributed by atoms with Crippen molar-refractivity contribution in [1.82, 2.24) is 0 Å². The van der Waals surface area contributed by atoms with Gasteiger partial charge in [-0.05, 0) is 55.0 Å². The van der Waals surface area contributed by atoms with Crippen molar-refractivity contribution in [2.75, 3.05) is 45.2 Å². The molecule has 5 nitrogen and oxygen atoms in total. The third-order valence-electron chi connectivity index (χ3n) is 6.29. The lowest BCUT2D eigenvalue weighted by Crippen LogP contribution is -2.46. The zero-order valence-electron chi connectivity index (χ0n) is 21.3. The quantitative estimate of drug-likeness (QED) is 0.381. The van der Waals surface area contributed by atoms with Crippen molar-refractivity contribution in [1.29, 1.82) is 0 Å². The van der Waals surface area contributed by atoms with E-state index in [0.29, 0.717) is 12.5 Å². The number of carbonyl (C=O) groups excluding carboxylic acids is 1. The maximum atomic E-state index is 11.3. The molecule has 0 spiro atoms. The minimum Gasteiger partial charge on any atom is -0.489 e. The number of rotatable bonds is 15. The summed E-state index contributed by atoms with van der Waals surface area (Å²) in [5.74, 6) is 1.32. The van der Waals surface area contributed by atoms with E-state index in [9.17, 15) is 4.79 Å². The van der Waals surface area contributed by atoms with Gasteiger partial charge >= 0.3 is 0 Å². The van der Waals surface area contributed by atoms with Gasteiger partial charge in [0.15, 0.2) is 0 Å². The molecule has 0 aliphatic heterocycles. The smallest absolute Gasteiger partial charge is 0.220 e. The Kier molecular flexibility index (Phi) is 10.7. The molecule has 0 aliphatic carbocycles. The highest BCUT2D eigenvalue weighted by Gasteiger charge is 2.19. The molecular weight excluding hydrogens is 410 g/mol. The predicted octanol–water partition coefficient (Wildman–Crippen LogP) is 5.10. The Labute approximate surface area is 201 Å². The topological polar surface area (TPSA) is 55.6 Å². The summed E-state index contributed by atoms with van der Waals surface area (Å²) in [6, 6.07) is 18.8. The van der Waals surface area contributed by atoms with E-state index in [2.05, 4.69) is 69.2 Å². The fourth-order valence-electron chi connectivity index (χ4n) is 3.75. The zero-order valence-corrected chi connectivity index (χ0v) is 21.3. The van der Waals surface area contributed by atoms with E-state index in [-0.39, 0.29) is 11.8 Å². The van der Waals surface area contributed by atoms with Crippen LogP contribution in [0.15, 0.2) is 54.6 Å². The van der Waals surface area contributed by atoms with Crippen molar-refractivity contribution in [2.45, 2.75) is 46.6 Å². The molecule has 0 radical (unpaired) electrons. The number of nitrogens with zero attached hydrogens (tertiary/aromatic N) is 2. The summed E-state index contributed by atoms with van der Waals surface area (Å²) in [5, 5.41) is 0. The van der Waals surface area contributed by atoms with Crippen LogP contribution >= 0.6 is 0 Å². The van der Waals surface area contributed by atoms with Gasteiger partial charge in [-0.3, -0.25) is 4.79 Å². The van der Waals surface area contributed by atoms with E-state index in [4.69, 9.17) is 10.5 Å². The second-order valence-electron chi connectivity index (χ2n) is 10.3. The first kappa shape index (κ1) is 26.7. The number of hydrogen-bond acceptors (Lipinski definition) is 3. The predicted molar refractivity (Wildman–Crippen MR) is 138 cm³/mol. The van der Waals surface area contributed by atoms with Gasteiger partial charge in [0.2, 0.25) is 5.91 Å². The van der Waals surface area contributed by atoms with Gasteiger partial charge < -0.3 is 19.9 Å². The van der Waals surface area contributed by atoms with Gasteiger partial charge in [-0.2, -0.15) is 0 Å². The number of benzene rings is 2. The Morgan fingerprint density at radius 3 is 2.21 bits per heavy atom. The van der Waals surface area contributed by atoms with Crippen LogP contribution in [0.5, 0.6) is 5.75 Å². The van der Waals surface area contributed by atoms with E-state index >= 15 is 0 Å². The van der Waals surface area contributed by atoms with E-state index in [1.54, 1.807) is 0 Å². The van der Waals surface area contributed by atoms with Gasteiger partial charge in [-0.15, -0.1) is 0 Å². The molecule has 0 bridgehead atoms. The van der Waals surface area contributed by atoms with Crippen LogP contribution in [-0.2, 0) is 11.4 Å². The average Bonchev–Trinajstić information content (AvgIpc) is 2.78. The van der Waals surface area contributed by atoms with Gasteiger partial charge in [-0.25, -0.2) is 0 Å². The van der Waals surface area contributed by atoms with E-state index in [1.165, 1.54) is 11.3 Å². The molecule has 0 heterocycles. The van der Waals surface area contributed by atoms with E-state index in [1.807, 2.05) is 25.1 Å². The molecule has 5 heteroatoms. The van der Waals surface area contributed by atoms with Gasteiger partial charge in [0.1, 0.15) is 12.4 Å². The summed E-state index contributed by atoms with van der Waals surface area (Å²) in [7, 11) is 4.55. The van der Waals surface area contributed by atoms with Crippen LogP contribution in [0.1, 0.15) is 45.6 Å². The minimum atomic E-state index is -0.198. The molecule has 0 saturated carbocycles. The Balaban J connectivity index is 1.93. The Morgan fingerprint density at radius 2 is 1.61 bits per heavy atom. The molecular formula is C28H44N3O2+. The number of likely N-dealkylation sites (N-methyl/N-ethyl adjacent to an activating group) is 1. The van der Waals surface area contributed by atoms with E-state index < -0.39 is 0 Å². The lowest BCUT2D eigenvalue weighted by Gasteiger charge is -2.34. The first-order chi connectivity index (χ1) is 15.7. The minimum absolute atomic E-state index is 0.0461. The summed E-state index contributed by atoms with van der Waals surface area (Å²) in [4.78, 5) is 13.8. The number of carbonyl (C=O) groups is 1. The normalized spacial score (nSPS) is 12.5. The third-order valence-corrected chi connectivity index (χ3v) is 6.29. The van der Waals surface area contributed by atoms with Crippen molar-refractivity contribution in [3.8, 4) is 5.75 Å². The van der Waals surface area contributed by atoms with Crippen molar-refractivity contribution < 1.29 is 14.0 Å². The first-order valence-corrected chi connectivity index (χ1v) is 12.3. The molecule has 33 heavy (non-hydrogen) atoms. The molecule has 0 fully saturated rings. The summed E-state index contributed by atoms with van der Waals surface area (Å²) in [5.41, 5.74) is 7.82. The Bertz CT molecular complexity index is 819. The van der Waals surface area contributed by atoms with Crippen LogP contribution in [0.3, 0.4) is 0 Å². The number of anilines is 1. The van der Waals surface area contributed by atoms with Crippen LogP contribution in [0.25, 0.3) is 0 Å². The van der Waals surface area contributed by atoms with Gasteiger partial charge in [0, 0.05) is 18.2 Å². The molecule has 2 N–H and O–H groups in total. The van der Waals surface area contributed by atoms with Crippen molar-refractivity contribution in [2.24, 2.45) is 17.6 Å². The van der Waals surface area contributed by atoms with E-state index in [0.717, 1.165) is 55.7 Å². The lowest BCUT2D eigenvalue weighted by atomic mass is 10.0. The fraction of sp³-hybridized carbons (Fsp3) is 0.536. The number of quaternary nitrogens is 1. The summed E-state index contributed by atoms with van der Waals surface area (Å²) >= 11 is 0. The standard InChI is InChI=1S/C28H43N3O2/c1-23(2)17-18-30(19-21-31(4,5)20-9-10-24(3)28(29)32)26-13-15-27(16-14-26)33-22-25-11-7-6-8-12-25/h6-8,11-16,23-24H,9-10,17-22H2,1-5H3,(H-,29,32)/p+1. The molecule has 0 aliphatic rings. The highest BCUT2D eigenvalue weighted by Crippen LogP contribution is 2.22. The number of hydrogen-bond donors (Lipinski definition) is 1. The van der Waals surface area contributed by atoms with Gasteiger partial charge in [-0.1, -0.05) is 51.1 Å². The summed E-state index contributed by atoms with van der Waals surface area (Å²) < 4.78 is 6.90. The summed E-state index contributed by atoms with van der Waals surface area (Å²) in [6.45, 7) is 11.2. The molecule has 2 aromatic rings. The molecule has 1 unspecified atom stereocenters. The number of ether oxygens (including phenoxy) is 1.